The van der Waals surface area contributed by atoms with Crippen LogP contribution in [0, 0.1) is 12.8 Å². The van der Waals surface area contributed by atoms with E-state index in [2.05, 4.69) is 35.3 Å². The molecule has 2 aromatic rings. The fourth-order valence-electron chi connectivity index (χ4n) is 3.45. The largest absolute Gasteiger partial charge is 0.339 e. The van der Waals surface area contributed by atoms with Crippen LogP contribution < -0.4 is 0 Å². The number of imidazole rings is 2. The maximum Gasteiger partial charge on any atom is 0.262 e. The van der Waals surface area contributed by atoms with Crippen LogP contribution in [0.5, 0.6) is 0 Å². The van der Waals surface area contributed by atoms with Crippen LogP contribution >= 0.6 is 0 Å². The van der Waals surface area contributed by atoms with Crippen molar-refractivity contribution in [3.8, 4) is 0 Å². The highest BCUT2D eigenvalue weighted by atomic mass is 32.2. The van der Waals surface area contributed by atoms with Gasteiger partial charge in [-0.15, -0.1) is 0 Å². The molecule has 0 N–H and O–H groups in total. The highest BCUT2D eigenvalue weighted by Crippen LogP contribution is 2.26. The van der Waals surface area contributed by atoms with Crippen molar-refractivity contribution in [2.75, 3.05) is 13.1 Å². The summed E-state index contributed by atoms with van der Waals surface area (Å²) in [6, 6.07) is 0.359. The van der Waals surface area contributed by atoms with E-state index in [1.54, 1.807) is 22.1 Å². The first-order chi connectivity index (χ1) is 11.3. The lowest BCUT2D eigenvalue weighted by atomic mass is 10.0. The van der Waals surface area contributed by atoms with Crippen LogP contribution in [0.1, 0.15) is 37.8 Å². The van der Waals surface area contributed by atoms with E-state index in [0.29, 0.717) is 25.0 Å². The Kier molecular flexibility index (Phi) is 4.52. The van der Waals surface area contributed by atoms with Crippen LogP contribution in [0.2, 0.25) is 0 Å². The van der Waals surface area contributed by atoms with Crippen molar-refractivity contribution < 1.29 is 8.42 Å². The number of sulfonamides is 1. The van der Waals surface area contributed by atoms with Crippen molar-refractivity contribution in [3.05, 3.63) is 30.2 Å². The van der Waals surface area contributed by atoms with E-state index in [9.17, 15) is 8.42 Å². The minimum atomic E-state index is -3.49. The Labute approximate surface area is 143 Å². The van der Waals surface area contributed by atoms with Crippen LogP contribution in [-0.4, -0.2) is 44.9 Å². The molecule has 3 rings (SSSR count). The van der Waals surface area contributed by atoms with Crippen molar-refractivity contribution in [1.29, 1.82) is 0 Å². The van der Waals surface area contributed by atoms with Gasteiger partial charge in [-0.25, -0.2) is 18.4 Å². The molecular weight excluding hydrogens is 326 g/mol. The minimum Gasteiger partial charge on any atom is -0.339 e. The van der Waals surface area contributed by atoms with Crippen molar-refractivity contribution in [3.63, 3.8) is 0 Å². The highest BCUT2D eigenvalue weighted by Gasteiger charge is 2.34. The van der Waals surface area contributed by atoms with Crippen LogP contribution in [0.4, 0.5) is 0 Å². The molecule has 1 aliphatic rings. The molecule has 7 nitrogen and oxygen atoms in total. The second kappa shape index (κ2) is 6.33. The molecule has 1 unspecified atom stereocenters. The van der Waals surface area contributed by atoms with Gasteiger partial charge in [0.15, 0.2) is 5.03 Å². The number of aryl methyl sites for hydroxylation is 2. The highest BCUT2D eigenvalue weighted by molar-refractivity contribution is 7.89. The summed E-state index contributed by atoms with van der Waals surface area (Å²) in [6.07, 6.45) is 6.63. The molecule has 24 heavy (non-hydrogen) atoms. The summed E-state index contributed by atoms with van der Waals surface area (Å²) in [5.74, 6) is 1.34. The van der Waals surface area contributed by atoms with E-state index >= 15 is 0 Å². The van der Waals surface area contributed by atoms with Gasteiger partial charge in [0.25, 0.3) is 10.0 Å². The van der Waals surface area contributed by atoms with Gasteiger partial charge in [0.1, 0.15) is 5.82 Å². The first-order valence-electron chi connectivity index (χ1n) is 8.30. The van der Waals surface area contributed by atoms with Gasteiger partial charge >= 0.3 is 0 Å². The van der Waals surface area contributed by atoms with Crippen LogP contribution in [0.15, 0.2) is 23.7 Å². The van der Waals surface area contributed by atoms with Gasteiger partial charge in [-0.1, -0.05) is 0 Å². The molecule has 0 bridgehead atoms. The monoisotopic (exact) mass is 351 g/mol. The maximum absolute atomic E-state index is 12.7. The van der Waals surface area contributed by atoms with E-state index in [1.165, 1.54) is 6.33 Å². The summed E-state index contributed by atoms with van der Waals surface area (Å²) in [7, 11) is -1.72. The fourth-order valence-corrected chi connectivity index (χ4v) is 4.94. The first-order valence-corrected chi connectivity index (χ1v) is 9.74. The lowest BCUT2D eigenvalue weighted by Gasteiger charge is -2.17. The van der Waals surface area contributed by atoms with E-state index in [1.807, 2.05) is 6.20 Å². The molecule has 1 fully saturated rings. The molecule has 0 aliphatic carbocycles. The Balaban J connectivity index is 1.72. The van der Waals surface area contributed by atoms with Crippen LogP contribution in [0.25, 0.3) is 0 Å². The van der Waals surface area contributed by atoms with Crippen LogP contribution in [0.3, 0.4) is 0 Å². The Morgan fingerprint density at radius 2 is 2.08 bits per heavy atom. The van der Waals surface area contributed by atoms with Crippen molar-refractivity contribution in [1.82, 2.24) is 23.4 Å². The van der Waals surface area contributed by atoms with Gasteiger partial charge < -0.3 is 9.13 Å². The Morgan fingerprint density at radius 3 is 2.71 bits per heavy atom. The molecule has 0 aromatic carbocycles. The third-order valence-corrected chi connectivity index (χ3v) is 6.33. The first kappa shape index (κ1) is 17.2. The third kappa shape index (κ3) is 3.12. The zero-order chi connectivity index (χ0) is 17.5. The quantitative estimate of drug-likeness (QED) is 0.823. The van der Waals surface area contributed by atoms with E-state index in [-0.39, 0.29) is 5.03 Å². The summed E-state index contributed by atoms with van der Waals surface area (Å²) >= 11 is 0. The molecular formula is C16H25N5O2S. The molecule has 1 atom stereocenters. The number of aromatic nitrogens is 4. The molecule has 0 radical (unpaired) electrons. The van der Waals surface area contributed by atoms with E-state index in [4.69, 9.17) is 0 Å². The lowest BCUT2D eigenvalue weighted by Crippen LogP contribution is -2.29. The Hall–Kier alpha value is -1.67. The normalized spacial score (nSPS) is 19.5. The molecule has 2 aromatic heterocycles. The van der Waals surface area contributed by atoms with Gasteiger partial charge in [-0.3, -0.25) is 0 Å². The van der Waals surface area contributed by atoms with Gasteiger partial charge in [0.05, 0.1) is 6.33 Å². The van der Waals surface area contributed by atoms with Gasteiger partial charge in [-0.2, -0.15) is 4.31 Å². The average Bonchev–Trinajstić information content (AvgIpc) is 3.20. The second-order valence-corrected chi connectivity index (χ2v) is 8.76. The van der Waals surface area contributed by atoms with E-state index < -0.39 is 10.0 Å². The summed E-state index contributed by atoms with van der Waals surface area (Å²) in [5.41, 5.74) is 1.15. The maximum atomic E-state index is 12.7. The summed E-state index contributed by atoms with van der Waals surface area (Å²) in [6.45, 7) is 7.42. The molecule has 0 amide bonds. The SMILES string of the molecule is Cc1cnc(CC2CCN(S(=O)(=O)c3cn(C)cn3)C2)n1C(C)C. The lowest BCUT2D eigenvalue weighted by molar-refractivity contribution is 0.443. The third-order valence-electron chi connectivity index (χ3n) is 4.58. The fraction of sp³-hybridized carbons (Fsp3) is 0.625. The number of hydrogen-bond donors (Lipinski definition) is 0. The van der Waals surface area contributed by atoms with E-state index in [0.717, 1.165) is 24.4 Å². The second-order valence-electron chi connectivity index (χ2n) is 6.88. The number of hydrogen-bond acceptors (Lipinski definition) is 4. The van der Waals surface area contributed by atoms with Crippen molar-refractivity contribution in [2.45, 2.75) is 44.7 Å². The molecule has 3 heterocycles. The van der Waals surface area contributed by atoms with Crippen molar-refractivity contribution >= 4 is 10.0 Å². The smallest absolute Gasteiger partial charge is 0.262 e. The summed E-state index contributed by atoms with van der Waals surface area (Å²) in [5, 5.41) is 0.130. The standard InChI is InChI=1S/C16H25N5O2S/c1-12(2)21-13(3)8-17-15(21)7-14-5-6-20(9-14)24(22,23)16-10-19(4)11-18-16/h8,10-12,14H,5-7,9H2,1-4H3. The average molecular weight is 351 g/mol. The zero-order valence-corrected chi connectivity index (χ0v) is 15.5. The molecule has 0 saturated carbocycles. The molecule has 1 aliphatic heterocycles. The predicted molar refractivity (Wildman–Crippen MR) is 91.1 cm³/mol. The molecule has 1 saturated heterocycles. The number of nitrogens with zero attached hydrogens (tertiary/aromatic N) is 5. The minimum absolute atomic E-state index is 0.130. The van der Waals surface area contributed by atoms with Crippen LogP contribution in [-0.2, 0) is 23.5 Å². The molecule has 8 heteroatoms. The predicted octanol–water partition coefficient (Wildman–Crippen LogP) is 1.76. The molecule has 0 spiro atoms. The zero-order valence-electron chi connectivity index (χ0n) is 14.7. The van der Waals surface area contributed by atoms with Gasteiger partial charge in [0, 0.05) is 50.7 Å². The topological polar surface area (TPSA) is 73.0 Å². The van der Waals surface area contributed by atoms with Gasteiger partial charge in [0.2, 0.25) is 0 Å². The van der Waals surface area contributed by atoms with Gasteiger partial charge in [-0.05, 0) is 33.1 Å². The summed E-state index contributed by atoms with van der Waals surface area (Å²) in [4.78, 5) is 8.53. The summed E-state index contributed by atoms with van der Waals surface area (Å²) < 4.78 is 30.7. The number of rotatable bonds is 5. The molecule has 132 valence electrons. The van der Waals surface area contributed by atoms with Crippen molar-refractivity contribution in [2.24, 2.45) is 13.0 Å². The Bertz CT molecular complexity index is 821. The Morgan fingerprint density at radius 1 is 1.33 bits per heavy atom.